The smallest absolute Gasteiger partial charge is 0.0766 e. The summed E-state index contributed by atoms with van der Waals surface area (Å²) >= 11 is 0. The van der Waals surface area contributed by atoms with Crippen LogP contribution in [0.3, 0.4) is 0 Å². The molecular formula is C10H21NO2. The van der Waals surface area contributed by atoms with Gasteiger partial charge in [-0.15, -0.1) is 0 Å². The van der Waals surface area contributed by atoms with Crippen molar-refractivity contribution in [2.24, 2.45) is 0 Å². The number of nitrogens with one attached hydrogen (secondary N) is 1. The van der Waals surface area contributed by atoms with Gasteiger partial charge in [-0.1, -0.05) is 13.8 Å². The third-order valence-electron chi connectivity index (χ3n) is 3.15. The van der Waals surface area contributed by atoms with E-state index in [9.17, 15) is 5.11 Å². The van der Waals surface area contributed by atoms with Crippen LogP contribution in [0.5, 0.6) is 0 Å². The second kappa shape index (κ2) is 4.40. The first-order valence-electron chi connectivity index (χ1n) is 5.23. The summed E-state index contributed by atoms with van der Waals surface area (Å²) in [4.78, 5) is 0. The van der Waals surface area contributed by atoms with Crippen molar-refractivity contribution >= 4 is 0 Å². The van der Waals surface area contributed by atoms with E-state index in [2.05, 4.69) is 5.32 Å². The maximum atomic E-state index is 9.94. The lowest BCUT2D eigenvalue weighted by atomic mass is 9.88. The van der Waals surface area contributed by atoms with Gasteiger partial charge in [-0.05, 0) is 25.7 Å². The van der Waals surface area contributed by atoms with Gasteiger partial charge in [-0.25, -0.2) is 0 Å². The molecule has 1 saturated carbocycles. The van der Waals surface area contributed by atoms with E-state index in [0.29, 0.717) is 12.6 Å². The summed E-state index contributed by atoms with van der Waals surface area (Å²) in [5, 5.41) is 22.3. The molecule has 0 atom stereocenters. The van der Waals surface area contributed by atoms with Crippen LogP contribution < -0.4 is 5.32 Å². The van der Waals surface area contributed by atoms with Crippen molar-refractivity contribution < 1.29 is 10.2 Å². The molecule has 0 amide bonds. The third kappa shape index (κ3) is 2.93. The molecule has 3 nitrogen and oxygen atoms in total. The summed E-state index contributed by atoms with van der Waals surface area (Å²) in [7, 11) is 0. The van der Waals surface area contributed by atoms with Gasteiger partial charge in [0.1, 0.15) is 0 Å². The summed E-state index contributed by atoms with van der Waals surface area (Å²) in [6, 6.07) is 0.416. The van der Waals surface area contributed by atoms with Gasteiger partial charge in [0.25, 0.3) is 0 Å². The fourth-order valence-electron chi connectivity index (χ4n) is 1.59. The molecular weight excluding hydrogens is 166 g/mol. The van der Waals surface area contributed by atoms with Gasteiger partial charge in [0.05, 0.1) is 11.7 Å². The second-order valence-electron chi connectivity index (χ2n) is 4.13. The first kappa shape index (κ1) is 11.0. The molecule has 0 aliphatic heterocycles. The zero-order valence-electron chi connectivity index (χ0n) is 8.58. The van der Waals surface area contributed by atoms with E-state index in [1.54, 1.807) is 0 Å². The maximum Gasteiger partial charge on any atom is 0.0766 e. The lowest BCUT2D eigenvalue weighted by Gasteiger charge is -2.35. The standard InChI is InChI=1S/C10H21NO2/c1-3-10(13,4-2)7-11-8-5-9(12)6-8/h8-9,11-13H,3-7H2,1-2H3. The Morgan fingerprint density at radius 2 is 1.85 bits per heavy atom. The largest absolute Gasteiger partial charge is 0.393 e. The van der Waals surface area contributed by atoms with Crippen molar-refractivity contribution in [3.05, 3.63) is 0 Å². The third-order valence-corrected chi connectivity index (χ3v) is 3.15. The monoisotopic (exact) mass is 187 g/mol. The Morgan fingerprint density at radius 3 is 2.23 bits per heavy atom. The van der Waals surface area contributed by atoms with Crippen molar-refractivity contribution in [2.45, 2.75) is 57.3 Å². The van der Waals surface area contributed by atoms with Gasteiger partial charge >= 0.3 is 0 Å². The number of rotatable bonds is 5. The Kier molecular flexibility index (Phi) is 3.71. The van der Waals surface area contributed by atoms with Crippen LogP contribution in [0, 0.1) is 0 Å². The summed E-state index contributed by atoms with van der Waals surface area (Å²) < 4.78 is 0. The number of aliphatic hydroxyl groups excluding tert-OH is 1. The van der Waals surface area contributed by atoms with E-state index in [1.807, 2.05) is 13.8 Å². The fourth-order valence-corrected chi connectivity index (χ4v) is 1.59. The number of aliphatic hydroxyl groups is 2. The first-order valence-corrected chi connectivity index (χ1v) is 5.23. The van der Waals surface area contributed by atoms with Gasteiger partial charge in [0, 0.05) is 12.6 Å². The van der Waals surface area contributed by atoms with Crippen LogP contribution in [-0.4, -0.2) is 34.5 Å². The van der Waals surface area contributed by atoms with Crippen LogP contribution >= 0.6 is 0 Å². The van der Waals surface area contributed by atoms with Crippen molar-refractivity contribution in [2.75, 3.05) is 6.54 Å². The molecule has 0 bridgehead atoms. The Balaban J connectivity index is 2.17. The van der Waals surface area contributed by atoms with E-state index in [-0.39, 0.29) is 6.10 Å². The van der Waals surface area contributed by atoms with Gasteiger partial charge in [0.2, 0.25) is 0 Å². The van der Waals surface area contributed by atoms with E-state index >= 15 is 0 Å². The van der Waals surface area contributed by atoms with E-state index in [0.717, 1.165) is 25.7 Å². The molecule has 3 heteroatoms. The quantitative estimate of drug-likeness (QED) is 0.592. The Bertz CT molecular complexity index is 151. The van der Waals surface area contributed by atoms with Crippen LogP contribution in [0.2, 0.25) is 0 Å². The van der Waals surface area contributed by atoms with E-state index in [1.165, 1.54) is 0 Å². The average molecular weight is 187 g/mol. The van der Waals surface area contributed by atoms with Gasteiger partial charge in [-0.2, -0.15) is 0 Å². The molecule has 0 spiro atoms. The van der Waals surface area contributed by atoms with E-state index < -0.39 is 5.60 Å². The maximum absolute atomic E-state index is 9.94. The molecule has 1 rings (SSSR count). The van der Waals surface area contributed by atoms with Crippen LogP contribution in [0.1, 0.15) is 39.5 Å². The first-order chi connectivity index (χ1) is 6.09. The minimum Gasteiger partial charge on any atom is -0.393 e. The summed E-state index contributed by atoms with van der Waals surface area (Å²) in [5.41, 5.74) is -0.555. The SMILES string of the molecule is CCC(O)(CC)CNC1CC(O)C1. The molecule has 0 unspecified atom stereocenters. The Morgan fingerprint density at radius 1 is 1.31 bits per heavy atom. The highest BCUT2D eigenvalue weighted by Gasteiger charge is 2.29. The molecule has 0 aromatic rings. The minimum atomic E-state index is -0.555. The molecule has 1 fully saturated rings. The Hall–Kier alpha value is -0.120. The number of hydrogen-bond acceptors (Lipinski definition) is 3. The highest BCUT2D eigenvalue weighted by Crippen LogP contribution is 2.21. The average Bonchev–Trinajstić information content (AvgIpc) is 2.10. The lowest BCUT2D eigenvalue weighted by Crippen LogP contribution is -2.50. The van der Waals surface area contributed by atoms with E-state index in [4.69, 9.17) is 5.11 Å². The van der Waals surface area contributed by atoms with Gasteiger partial charge in [0.15, 0.2) is 0 Å². The predicted molar refractivity (Wildman–Crippen MR) is 52.6 cm³/mol. The highest BCUT2D eigenvalue weighted by molar-refractivity contribution is 4.88. The highest BCUT2D eigenvalue weighted by atomic mass is 16.3. The molecule has 3 N–H and O–H groups in total. The summed E-state index contributed by atoms with van der Waals surface area (Å²) in [6.45, 7) is 4.65. The van der Waals surface area contributed by atoms with Crippen LogP contribution in [0.25, 0.3) is 0 Å². The molecule has 0 aromatic carbocycles. The molecule has 1 aliphatic carbocycles. The van der Waals surface area contributed by atoms with Crippen molar-refractivity contribution in [1.29, 1.82) is 0 Å². The predicted octanol–water partition coefficient (Wildman–Crippen LogP) is 0.650. The molecule has 0 aromatic heterocycles. The normalized spacial score (nSPS) is 28.6. The second-order valence-corrected chi connectivity index (χ2v) is 4.13. The summed E-state index contributed by atoms with van der Waals surface area (Å²) in [6.07, 6.45) is 3.12. The molecule has 13 heavy (non-hydrogen) atoms. The van der Waals surface area contributed by atoms with Crippen LogP contribution in [-0.2, 0) is 0 Å². The summed E-state index contributed by atoms with van der Waals surface area (Å²) in [5.74, 6) is 0. The van der Waals surface area contributed by atoms with Crippen LogP contribution in [0.15, 0.2) is 0 Å². The molecule has 0 saturated heterocycles. The number of hydrogen-bond donors (Lipinski definition) is 3. The molecule has 78 valence electrons. The fraction of sp³-hybridized carbons (Fsp3) is 1.00. The molecule has 0 heterocycles. The van der Waals surface area contributed by atoms with Gasteiger partial charge < -0.3 is 15.5 Å². The molecule has 0 radical (unpaired) electrons. The van der Waals surface area contributed by atoms with Crippen molar-refractivity contribution in [3.8, 4) is 0 Å². The van der Waals surface area contributed by atoms with Crippen molar-refractivity contribution in [1.82, 2.24) is 5.32 Å². The molecule has 1 aliphatic rings. The topological polar surface area (TPSA) is 52.5 Å². The zero-order chi connectivity index (χ0) is 9.90. The zero-order valence-corrected chi connectivity index (χ0v) is 8.58. The van der Waals surface area contributed by atoms with Crippen molar-refractivity contribution in [3.63, 3.8) is 0 Å². The van der Waals surface area contributed by atoms with Gasteiger partial charge in [-0.3, -0.25) is 0 Å². The Labute approximate surface area is 80.2 Å². The minimum absolute atomic E-state index is 0.117. The lowest BCUT2D eigenvalue weighted by molar-refractivity contribution is 0.0113. The van der Waals surface area contributed by atoms with Crippen LogP contribution in [0.4, 0.5) is 0 Å².